The minimum atomic E-state index is -0.894. The van der Waals surface area contributed by atoms with Crippen LogP contribution in [0.5, 0.6) is 0 Å². The monoisotopic (exact) mass is 218 g/mol. The zero-order valence-corrected chi connectivity index (χ0v) is 9.40. The smallest absolute Gasteiger partial charge is 0.335 e. The van der Waals surface area contributed by atoms with Crippen molar-refractivity contribution in [1.82, 2.24) is 9.55 Å². The second-order valence-electron chi connectivity index (χ2n) is 3.90. The van der Waals surface area contributed by atoms with E-state index in [9.17, 15) is 4.79 Å². The summed E-state index contributed by atoms with van der Waals surface area (Å²) < 4.78 is 1.99. The highest BCUT2D eigenvalue weighted by Crippen LogP contribution is 2.20. The molecule has 0 atom stereocenters. The van der Waals surface area contributed by atoms with Gasteiger partial charge in [-0.05, 0) is 31.0 Å². The van der Waals surface area contributed by atoms with Crippen molar-refractivity contribution < 1.29 is 9.90 Å². The van der Waals surface area contributed by atoms with E-state index < -0.39 is 5.97 Å². The highest BCUT2D eigenvalue weighted by atomic mass is 16.4. The Labute approximate surface area is 93.5 Å². The van der Waals surface area contributed by atoms with Crippen molar-refractivity contribution in [2.75, 3.05) is 0 Å². The maximum atomic E-state index is 11.0. The molecule has 0 saturated carbocycles. The van der Waals surface area contributed by atoms with E-state index in [2.05, 4.69) is 11.9 Å². The highest BCUT2D eigenvalue weighted by molar-refractivity contribution is 5.93. The molecule has 16 heavy (non-hydrogen) atoms. The lowest BCUT2D eigenvalue weighted by molar-refractivity contribution is 0.0697. The van der Waals surface area contributed by atoms with Gasteiger partial charge in [0.25, 0.3) is 0 Å². The summed E-state index contributed by atoms with van der Waals surface area (Å²) >= 11 is 0. The number of benzene rings is 1. The van der Waals surface area contributed by atoms with Crippen LogP contribution < -0.4 is 0 Å². The molecule has 0 bridgehead atoms. The number of rotatable bonds is 3. The molecule has 0 aliphatic carbocycles. The Balaban J connectivity index is 2.66. The molecule has 0 spiro atoms. The van der Waals surface area contributed by atoms with Crippen LogP contribution in [0.2, 0.25) is 0 Å². The fourth-order valence-corrected chi connectivity index (χ4v) is 1.88. The fraction of sp³-hybridized carbons (Fsp3) is 0.333. The molecule has 1 N–H and O–H groups in total. The lowest BCUT2D eigenvalue weighted by atomic mass is 10.1. The molecule has 1 aromatic heterocycles. The first-order valence-corrected chi connectivity index (χ1v) is 5.32. The molecule has 0 unspecified atom stereocenters. The van der Waals surface area contributed by atoms with Gasteiger partial charge in [-0.3, -0.25) is 0 Å². The number of hydrogen-bond acceptors (Lipinski definition) is 2. The Morgan fingerprint density at radius 2 is 2.25 bits per heavy atom. The summed E-state index contributed by atoms with van der Waals surface area (Å²) in [6, 6.07) is 3.35. The van der Waals surface area contributed by atoms with Crippen molar-refractivity contribution in [2.24, 2.45) is 0 Å². The number of nitrogens with zero attached hydrogens (tertiary/aromatic N) is 2. The lowest BCUT2D eigenvalue weighted by Gasteiger charge is -2.03. The zero-order valence-electron chi connectivity index (χ0n) is 9.40. The van der Waals surface area contributed by atoms with E-state index in [1.54, 1.807) is 18.5 Å². The molecule has 4 nitrogen and oxygen atoms in total. The Bertz CT molecular complexity index is 543. The fourth-order valence-electron chi connectivity index (χ4n) is 1.88. The summed E-state index contributed by atoms with van der Waals surface area (Å²) in [5.74, 6) is -0.894. The number of carboxylic acids is 1. The summed E-state index contributed by atoms with van der Waals surface area (Å²) in [6.07, 6.45) is 2.77. The predicted molar refractivity (Wildman–Crippen MR) is 61.7 cm³/mol. The van der Waals surface area contributed by atoms with E-state index in [1.165, 1.54) is 0 Å². The molecule has 0 saturated heterocycles. The quantitative estimate of drug-likeness (QED) is 0.860. The zero-order chi connectivity index (χ0) is 11.7. The number of carbonyl (C=O) groups is 1. The minimum absolute atomic E-state index is 0.322. The van der Waals surface area contributed by atoms with Crippen LogP contribution in [0.15, 0.2) is 18.5 Å². The van der Waals surface area contributed by atoms with Crippen molar-refractivity contribution in [3.8, 4) is 0 Å². The van der Waals surface area contributed by atoms with Crippen LogP contribution in [0.3, 0.4) is 0 Å². The first-order valence-electron chi connectivity index (χ1n) is 5.32. The molecule has 0 fully saturated rings. The van der Waals surface area contributed by atoms with Crippen molar-refractivity contribution in [1.29, 1.82) is 0 Å². The molecule has 0 aliphatic heterocycles. The van der Waals surface area contributed by atoms with Crippen LogP contribution in [0.25, 0.3) is 11.0 Å². The molecular formula is C12H14N2O2. The second-order valence-corrected chi connectivity index (χ2v) is 3.90. The molecule has 2 aromatic rings. The van der Waals surface area contributed by atoms with Gasteiger partial charge < -0.3 is 9.67 Å². The van der Waals surface area contributed by atoms with Gasteiger partial charge in [-0.2, -0.15) is 0 Å². The largest absolute Gasteiger partial charge is 0.478 e. The maximum absolute atomic E-state index is 11.0. The van der Waals surface area contributed by atoms with E-state index in [4.69, 9.17) is 5.11 Å². The number of carboxylic acid groups (broad SMARTS) is 1. The van der Waals surface area contributed by atoms with Gasteiger partial charge in [-0.1, -0.05) is 6.92 Å². The first-order chi connectivity index (χ1) is 7.63. The molecule has 0 aliphatic rings. The van der Waals surface area contributed by atoms with Crippen molar-refractivity contribution in [2.45, 2.75) is 26.8 Å². The number of fused-ring (bicyclic) bond motifs is 1. The third-order valence-electron chi connectivity index (χ3n) is 2.63. The van der Waals surface area contributed by atoms with Crippen molar-refractivity contribution in [3.05, 3.63) is 29.6 Å². The minimum Gasteiger partial charge on any atom is -0.478 e. The van der Waals surface area contributed by atoms with Crippen LogP contribution in [0.4, 0.5) is 0 Å². The van der Waals surface area contributed by atoms with Crippen LogP contribution >= 0.6 is 0 Å². The Kier molecular flexibility index (Phi) is 2.64. The van der Waals surface area contributed by atoms with Gasteiger partial charge in [-0.15, -0.1) is 0 Å². The molecule has 84 valence electrons. The van der Waals surface area contributed by atoms with Crippen LogP contribution in [-0.2, 0) is 6.54 Å². The van der Waals surface area contributed by atoms with Crippen LogP contribution in [0.1, 0.15) is 29.3 Å². The van der Waals surface area contributed by atoms with Crippen molar-refractivity contribution in [3.63, 3.8) is 0 Å². The summed E-state index contributed by atoms with van der Waals surface area (Å²) in [5.41, 5.74) is 3.02. The Morgan fingerprint density at radius 1 is 1.50 bits per heavy atom. The maximum Gasteiger partial charge on any atom is 0.335 e. The number of aryl methyl sites for hydroxylation is 2. The first kappa shape index (κ1) is 10.7. The average Bonchev–Trinajstić information content (AvgIpc) is 2.63. The topological polar surface area (TPSA) is 55.1 Å². The van der Waals surface area contributed by atoms with Crippen LogP contribution in [-0.4, -0.2) is 20.6 Å². The highest BCUT2D eigenvalue weighted by Gasteiger charge is 2.10. The van der Waals surface area contributed by atoms with Gasteiger partial charge in [0.2, 0.25) is 0 Å². The van der Waals surface area contributed by atoms with Crippen LogP contribution in [0, 0.1) is 6.92 Å². The van der Waals surface area contributed by atoms with E-state index in [-0.39, 0.29) is 0 Å². The summed E-state index contributed by atoms with van der Waals surface area (Å²) in [5, 5.41) is 9.00. The Hall–Kier alpha value is -1.84. The SMILES string of the molecule is CCCn1cnc2c(C)cc(C(=O)O)cc21. The summed E-state index contributed by atoms with van der Waals surface area (Å²) in [4.78, 5) is 15.3. The molecule has 2 rings (SSSR count). The normalized spacial score (nSPS) is 10.9. The molecule has 1 aromatic carbocycles. The van der Waals surface area contributed by atoms with E-state index >= 15 is 0 Å². The van der Waals surface area contributed by atoms with Gasteiger partial charge in [0, 0.05) is 6.54 Å². The predicted octanol–water partition coefficient (Wildman–Crippen LogP) is 2.45. The lowest BCUT2D eigenvalue weighted by Crippen LogP contribution is -1.99. The van der Waals surface area contributed by atoms with E-state index in [0.717, 1.165) is 29.6 Å². The Morgan fingerprint density at radius 3 is 2.88 bits per heavy atom. The van der Waals surface area contributed by atoms with Gasteiger partial charge in [0.15, 0.2) is 0 Å². The number of aromatic nitrogens is 2. The average molecular weight is 218 g/mol. The molecule has 4 heteroatoms. The van der Waals surface area contributed by atoms with E-state index in [1.807, 2.05) is 11.5 Å². The third-order valence-corrected chi connectivity index (χ3v) is 2.63. The standard InChI is InChI=1S/C12H14N2O2/c1-3-4-14-7-13-11-8(2)5-9(12(15)16)6-10(11)14/h5-7H,3-4H2,1-2H3,(H,15,16). The van der Waals surface area contributed by atoms with Crippen molar-refractivity contribution >= 4 is 17.0 Å². The molecular weight excluding hydrogens is 204 g/mol. The number of imidazole rings is 1. The molecule has 1 heterocycles. The molecule has 0 amide bonds. The number of aromatic carboxylic acids is 1. The second kappa shape index (κ2) is 3.96. The van der Waals surface area contributed by atoms with E-state index in [0.29, 0.717) is 5.56 Å². The third kappa shape index (κ3) is 1.66. The van der Waals surface area contributed by atoms with Gasteiger partial charge in [0.05, 0.1) is 22.9 Å². The van der Waals surface area contributed by atoms with Gasteiger partial charge >= 0.3 is 5.97 Å². The summed E-state index contributed by atoms with van der Waals surface area (Å²) in [6.45, 7) is 4.83. The van der Waals surface area contributed by atoms with Gasteiger partial charge in [0.1, 0.15) is 0 Å². The molecule has 0 radical (unpaired) electrons. The summed E-state index contributed by atoms with van der Waals surface area (Å²) in [7, 11) is 0. The number of hydrogen-bond donors (Lipinski definition) is 1. The van der Waals surface area contributed by atoms with Gasteiger partial charge in [-0.25, -0.2) is 9.78 Å².